The first kappa shape index (κ1) is 47.7. The summed E-state index contributed by atoms with van der Waals surface area (Å²) in [4.78, 5) is 0. The molecule has 0 nitrogen and oxygen atoms in total. The van der Waals surface area contributed by atoms with Gasteiger partial charge in [0.15, 0.2) is 69.8 Å². The molecule has 0 N–H and O–H groups in total. The van der Waals surface area contributed by atoms with E-state index in [1.807, 2.05) is 0 Å². The van der Waals surface area contributed by atoms with Crippen molar-refractivity contribution in [2.45, 2.75) is 0 Å². The largest absolute Gasteiger partial charge is 0.204 e. The maximum atomic E-state index is 14.1. The van der Waals surface area contributed by atoms with Gasteiger partial charge < -0.3 is 0 Å². The number of fused-ring (bicyclic) bond motifs is 4. The number of hydrogen-bond donors (Lipinski definition) is 0. The second-order valence-electron chi connectivity index (χ2n) is 13.4. The quantitative estimate of drug-likeness (QED) is 0.0936. The number of hydrogen-bond acceptors (Lipinski definition) is 4. The van der Waals surface area contributed by atoms with Gasteiger partial charge in [0.05, 0.1) is 5.77 Å². The lowest BCUT2D eigenvalue weighted by Crippen LogP contribution is -1.94. The molecule has 0 amide bonds. The first-order valence-corrected chi connectivity index (χ1v) is 29.3. The summed E-state index contributed by atoms with van der Waals surface area (Å²) in [6, 6.07) is 14.4. The van der Waals surface area contributed by atoms with E-state index in [2.05, 4.69) is 82.4 Å². The number of halogens is 16. The van der Waals surface area contributed by atoms with Crippen molar-refractivity contribution in [1.82, 2.24) is 0 Å². The van der Waals surface area contributed by atoms with Crippen molar-refractivity contribution in [3.8, 4) is 44.5 Å². The van der Waals surface area contributed by atoms with Crippen molar-refractivity contribution in [3.05, 3.63) is 159 Å². The molecule has 4 aromatic heterocycles. The lowest BCUT2D eigenvalue weighted by atomic mass is 9.93. The highest BCUT2D eigenvalue weighted by Crippen LogP contribution is 2.51. The fourth-order valence-corrected chi connectivity index (χ4v) is 13.2. The predicted molar refractivity (Wildman–Crippen MR) is 269 cm³/mol. The second kappa shape index (κ2) is 19.1. The topological polar surface area (TPSA) is 0 Å². The Bertz CT molecular complexity index is 3080. The van der Waals surface area contributed by atoms with E-state index in [1.165, 1.54) is 45.3 Å². The standard InChI is InChI=1S/C22H6F6I2S2.C22H8F6S2.I2/c23-11-1-7(2-12(24)19(11)27)17-9-5-15(29)32-22(9)18(10-6-16(30)31-21(10)17)8-3-13(25)20(28)14(26)4-8;23-13-5-9(6-14(24)19(13)27)17-11-1-3-29-21(11)18(12-2-4-30-22(12)17)10-7-15(25)20(28)16(26)8-10;1-2/h1-6H;1-8H;. The summed E-state index contributed by atoms with van der Waals surface area (Å²) in [5.41, 5.74) is 2.54. The van der Waals surface area contributed by atoms with Crippen molar-refractivity contribution in [3.63, 3.8) is 0 Å². The summed E-state index contributed by atoms with van der Waals surface area (Å²) < 4.78 is 170. The van der Waals surface area contributed by atoms with Gasteiger partial charge >= 0.3 is 0 Å². The van der Waals surface area contributed by atoms with Crippen molar-refractivity contribution >= 4 is 168 Å². The van der Waals surface area contributed by atoms with E-state index in [4.69, 9.17) is 0 Å². The van der Waals surface area contributed by atoms with E-state index in [9.17, 15) is 52.7 Å². The van der Waals surface area contributed by atoms with Crippen LogP contribution in [0, 0.1) is 75.6 Å². The molecule has 0 fully saturated rings. The minimum Gasteiger partial charge on any atom is -0.204 e. The third-order valence-corrected chi connectivity index (χ3v) is 15.5. The minimum atomic E-state index is -1.56. The molecule has 0 atom stereocenters. The Morgan fingerprint density at radius 3 is 0.797 bits per heavy atom. The summed E-state index contributed by atoms with van der Waals surface area (Å²) >= 11 is 13.6. The summed E-state index contributed by atoms with van der Waals surface area (Å²) in [5.74, 6) is -16.8. The van der Waals surface area contributed by atoms with Gasteiger partial charge in [0.25, 0.3) is 0 Å². The summed E-state index contributed by atoms with van der Waals surface area (Å²) in [7, 11) is 0. The predicted octanol–water partition coefficient (Wildman–Crippen LogP) is 19.5. The van der Waals surface area contributed by atoms with E-state index in [-0.39, 0.29) is 22.3 Å². The van der Waals surface area contributed by atoms with Crippen LogP contribution in [0.15, 0.2) is 83.6 Å². The SMILES string of the molecule is Fc1cc(-c2c3cc(I)sc3c(-c3cc(F)c(F)c(F)c3)c3cc(I)sc23)cc(F)c1F.Fc1cc(-c2c3ccsc3c(-c3cc(F)c(F)c(F)c3)c3ccsc23)cc(F)c1F.II. The molecule has 10 aromatic rings. The average molecular weight is 1410 g/mol. The molecular formula is C44H14F12I4S4. The summed E-state index contributed by atoms with van der Waals surface area (Å²) in [6.45, 7) is 0. The van der Waals surface area contributed by atoms with Crippen molar-refractivity contribution in [2.24, 2.45) is 0 Å². The van der Waals surface area contributed by atoms with Crippen LogP contribution in [-0.4, -0.2) is 0 Å². The summed E-state index contributed by atoms with van der Waals surface area (Å²) in [5, 5.41) is 5.81. The van der Waals surface area contributed by atoms with Crippen LogP contribution < -0.4 is 0 Å². The zero-order chi connectivity index (χ0) is 46.0. The lowest BCUT2D eigenvalue weighted by molar-refractivity contribution is 0.447. The molecule has 0 radical (unpaired) electrons. The summed E-state index contributed by atoms with van der Waals surface area (Å²) in [6.07, 6.45) is 0. The first-order chi connectivity index (χ1) is 30.5. The van der Waals surface area contributed by atoms with Crippen LogP contribution in [0.4, 0.5) is 52.7 Å². The second-order valence-corrected chi connectivity index (χ2v) is 21.2. The van der Waals surface area contributed by atoms with E-state index in [0.29, 0.717) is 62.6 Å². The zero-order valence-electron chi connectivity index (χ0n) is 30.8. The highest BCUT2D eigenvalue weighted by atomic mass is 128. The van der Waals surface area contributed by atoms with Gasteiger partial charge in [0.2, 0.25) is 0 Å². The maximum Gasteiger partial charge on any atom is 0.194 e. The molecule has 6 aromatic carbocycles. The fourth-order valence-electron chi connectivity index (χ4n) is 7.30. The fraction of sp³-hybridized carbons (Fsp3) is 0. The van der Waals surface area contributed by atoms with Gasteiger partial charge in [-0.3, -0.25) is 0 Å². The molecule has 0 aliphatic rings. The molecule has 0 spiro atoms. The normalized spacial score (nSPS) is 11.4. The molecule has 10 rings (SSSR count). The Morgan fingerprint density at radius 1 is 0.312 bits per heavy atom. The number of thiophene rings is 4. The molecule has 0 saturated heterocycles. The van der Waals surface area contributed by atoms with E-state index in [0.717, 1.165) is 54.3 Å². The first-order valence-electron chi connectivity index (χ1n) is 17.5. The maximum absolute atomic E-state index is 14.1. The zero-order valence-corrected chi connectivity index (χ0v) is 42.7. The average Bonchev–Trinajstić information content (AvgIpc) is 4.08. The Labute approximate surface area is 419 Å². The molecule has 0 saturated carbocycles. The van der Waals surface area contributed by atoms with Crippen LogP contribution in [0.5, 0.6) is 0 Å². The molecule has 20 heteroatoms. The highest BCUT2D eigenvalue weighted by Gasteiger charge is 2.26. The molecule has 0 aliphatic heterocycles. The molecule has 326 valence electrons. The van der Waals surface area contributed by atoms with Gasteiger partial charge in [-0.2, -0.15) is 0 Å². The van der Waals surface area contributed by atoms with E-state index >= 15 is 0 Å². The monoisotopic (exact) mass is 1410 g/mol. The van der Waals surface area contributed by atoms with Gasteiger partial charge in [0.1, 0.15) is 0 Å². The molecule has 0 aliphatic carbocycles. The molecule has 4 heterocycles. The van der Waals surface area contributed by atoms with Gasteiger partial charge in [-0.15, -0.1) is 45.3 Å². The number of benzene rings is 6. The molecule has 0 unspecified atom stereocenters. The van der Waals surface area contributed by atoms with Crippen LogP contribution in [-0.2, 0) is 0 Å². The van der Waals surface area contributed by atoms with Gasteiger partial charge in [0, 0.05) is 99.8 Å². The molecule has 64 heavy (non-hydrogen) atoms. The third-order valence-electron chi connectivity index (χ3n) is 9.81. The van der Waals surface area contributed by atoms with Crippen LogP contribution >= 0.6 is 128 Å². The Morgan fingerprint density at radius 2 is 0.547 bits per heavy atom. The highest BCUT2D eigenvalue weighted by molar-refractivity contribution is 15.0. The molecular weight excluding hydrogens is 1390 g/mol. The minimum absolute atomic E-state index is 0.144. The Balaban J connectivity index is 0.000000169. The van der Waals surface area contributed by atoms with Gasteiger partial charge in [-0.25, -0.2) is 52.7 Å². The smallest absolute Gasteiger partial charge is 0.194 e. The number of rotatable bonds is 4. The molecule has 0 bridgehead atoms. The van der Waals surface area contributed by atoms with Crippen molar-refractivity contribution in [2.75, 3.05) is 0 Å². The van der Waals surface area contributed by atoms with Crippen molar-refractivity contribution < 1.29 is 52.7 Å². The van der Waals surface area contributed by atoms with Crippen molar-refractivity contribution in [1.29, 1.82) is 0 Å². The van der Waals surface area contributed by atoms with E-state index < -0.39 is 69.8 Å². The van der Waals surface area contributed by atoms with Crippen LogP contribution in [0.3, 0.4) is 0 Å². The van der Waals surface area contributed by atoms with Crippen LogP contribution in [0.2, 0.25) is 0 Å². The Hall–Kier alpha value is -2.76. The van der Waals surface area contributed by atoms with Crippen LogP contribution in [0.25, 0.3) is 84.9 Å². The van der Waals surface area contributed by atoms with E-state index in [1.54, 1.807) is 35.0 Å². The Kier molecular flexibility index (Phi) is 14.2. The lowest BCUT2D eigenvalue weighted by Gasteiger charge is -2.13. The van der Waals surface area contributed by atoms with Gasteiger partial charge in [-0.05, 0) is 151 Å². The van der Waals surface area contributed by atoms with Gasteiger partial charge in [-0.1, -0.05) is 0 Å². The third kappa shape index (κ3) is 8.56. The van der Waals surface area contributed by atoms with Crippen LogP contribution in [0.1, 0.15) is 0 Å².